The number of aromatic nitrogens is 2. The van der Waals surface area contributed by atoms with Crippen LogP contribution in [0, 0.1) is 0 Å². The van der Waals surface area contributed by atoms with E-state index < -0.39 is 0 Å². The van der Waals surface area contributed by atoms with Gasteiger partial charge < -0.3 is 14.1 Å². The molecule has 7 heteroatoms. The van der Waals surface area contributed by atoms with Gasteiger partial charge in [-0.3, -0.25) is 9.69 Å². The number of nitrogens with one attached hydrogen (secondary N) is 1. The average Bonchev–Trinajstić information content (AvgIpc) is 3.40. The summed E-state index contributed by atoms with van der Waals surface area (Å²) in [5.74, 6) is 2.27. The minimum Gasteiger partial charge on any atom is -0.497 e. The Morgan fingerprint density at radius 3 is 2.87 bits per heavy atom. The highest BCUT2D eigenvalue weighted by Gasteiger charge is 2.24. The van der Waals surface area contributed by atoms with E-state index in [1.54, 1.807) is 13.4 Å². The van der Waals surface area contributed by atoms with Crippen LogP contribution >= 0.6 is 11.3 Å². The Labute approximate surface area is 184 Å². The van der Waals surface area contributed by atoms with Crippen LogP contribution in [-0.2, 0) is 6.54 Å². The van der Waals surface area contributed by atoms with E-state index >= 15 is 0 Å². The number of nitrogens with zero attached hydrogens (tertiary/aromatic N) is 2. The molecule has 160 valence electrons. The molecule has 0 saturated carbocycles. The number of hydrogen-bond donors (Lipinski definition) is 1. The monoisotopic (exact) mass is 435 g/mol. The molecule has 6 nitrogen and oxygen atoms in total. The zero-order valence-electron chi connectivity index (χ0n) is 17.5. The number of methoxy groups -OCH3 is 1. The van der Waals surface area contributed by atoms with Gasteiger partial charge in [0.25, 0.3) is 5.56 Å². The van der Waals surface area contributed by atoms with E-state index in [2.05, 4.69) is 22.0 Å². The smallest absolute Gasteiger partial charge is 0.260 e. The maximum absolute atomic E-state index is 12.9. The topological polar surface area (TPSA) is 71.4 Å². The second-order valence-electron chi connectivity index (χ2n) is 7.93. The first-order valence-corrected chi connectivity index (χ1v) is 11.5. The molecule has 1 N–H and O–H groups in total. The van der Waals surface area contributed by atoms with E-state index in [1.165, 1.54) is 29.7 Å². The van der Waals surface area contributed by atoms with Crippen LogP contribution in [0.1, 0.15) is 43.1 Å². The van der Waals surface area contributed by atoms with Crippen molar-refractivity contribution in [3.05, 3.63) is 69.8 Å². The highest BCUT2D eigenvalue weighted by atomic mass is 32.1. The van der Waals surface area contributed by atoms with Crippen molar-refractivity contribution in [1.82, 2.24) is 14.9 Å². The molecular weight excluding hydrogens is 410 g/mol. The van der Waals surface area contributed by atoms with Crippen LogP contribution < -0.4 is 10.3 Å². The molecule has 1 aromatic carbocycles. The summed E-state index contributed by atoms with van der Waals surface area (Å²) in [6.45, 7) is 1.61. The van der Waals surface area contributed by atoms with Gasteiger partial charge in [0.1, 0.15) is 22.2 Å². The number of rotatable bonds is 5. The Balaban J connectivity index is 1.45. The fraction of sp³-hybridized carbons (Fsp3) is 0.333. The first kappa shape index (κ1) is 20.0. The normalized spacial score (nSPS) is 17.6. The van der Waals surface area contributed by atoms with Gasteiger partial charge in [-0.25, -0.2) is 4.98 Å². The predicted molar refractivity (Wildman–Crippen MR) is 123 cm³/mol. The SMILES string of the molecule is COc1ccc([C@H]2CCCCCN2Cc2nc3scc(-c4ccco4)c3c(=O)[nH]2)cc1. The Kier molecular flexibility index (Phi) is 5.61. The van der Waals surface area contributed by atoms with E-state index in [4.69, 9.17) is 14.1 Å². The number of fused-ring (bicyclic) bond motifs is 1. The van der Waals surface area contributed by atoms with Crippen molar-refractivity contribution in [2.45, 2.75) is 38.3 Å². The summed E-state index contributed by atoms with van der Waals surface area (Å²) in [6.07, 6.45) is 6.30. The highest BCUT2D eigenvalue weighted by Crippen LogP contribution is 2.33. The molecule has 0 amide bonds. The van der Waals surface area contributed by atoms with Crippen molar-refractivity contribution in [2.75, 3.05) is 13.7 Å². The molecule has 1 aliphatic rings. The largest absolute Gasteiger partial charge is 0.497 e. The van der Waals surface area contributed by atoms with Gasteiger partial charge in [0.15, 0.2) is 0 Å². The van der Waals surface area contributed by atoms with Gasteiger partial charge in [-0.1, -0.05) is 25.0 Å². The molecule has 31 heavy (non-hydrogen) atoms. The number of H-pyrrole nitrogens is 1. The van der Waals surface area contributed by atoms with Gasteiger partial charge in [-0.15, -0.1) is 11.3 Å². The van der Waals surface area contributed by atoms with Crippen molar-refractivity contribution in [1.29, 1.82) is 0 Å². The number of furan rings is 1. The van der Waals surface area contributed by atoms with Gasteiger partial charge in [0, 0.05) is 17.0 Å². The molecule has 1 atom stereocenters. The molecule has 3 aromatic heterocycles. The summed E-state index contributed by atoms with van der Waals surface area (Å²) in [7, 11) is 1.69. The van der Waals surface area contributed by atoms with Gasteiger partial charge in [0.2, 0.25) is 0 Å². The maximum Gasteiger partial charge on any atom is 0.260 e. The minimum atomic E-state index is -0.108. The van der Waals surface area contributed by atoms with Gasteiger partial charge in [-0.2, -0.15) is 0 Å². The lowest BCUT2D eigenvalue weighted by Crippen LogP contribution is -2.30. The van der Waals surface area contributed by atoms with E-state index in [1.807, 2.05) is 29.6 Å². The second-order valence-corrected chi connectivity index (χ2v) is 8.79. The van der Waals surface area contributed by atoms with E-state index in [0.717, 1.165) is 35.5 Å². The molecule has 4 aromatic rings. The van der Waals surface area contributed by atoms with Crippen molar-refractivity contribution in [3.63, 3.8) is 0 Å². The van der Waals surface area contributed by atoms with Crippen LogP contribution in [0.25, 0.3) is 21.5 Å². The summed E-state index contributed by atoms with van der Waals surface area (Å²) in [5.41, 5.74) is 1.97. The Bertz CT molecular complexity index is 1210. The number of likely N-dealkylation sites (tertiary alicyclic amines) is 1. The lowest BCUT2D eigenvalue weighted by molar-refractivity contribution is 0.187. The fourth-order valence-electron chi connectivity index (χ4n) is 4.43. The molecule has 0 spiro atoms. The molecule has 1 aliphatic heterocycles. The number of aromatic amines is 1. The quantitative estimate of drug-likeness (QED) is 0.456. The van der Waals surface area contributed by atoms with Crippen molar-refractivity contribution in [2.24, 2.45) is 0 Å². The first-order valence-electron chi connectivity index (χ1n) is 10.6. The molecule has 0 bridgehead atoms. The van der Waals surface area contributed by atoms with E-state index in [0.29, 0.717) is 29.6 Å². The highest BCUT2D eigenvalue weighted by molar-refractivity contribution is 7.17. The number of thiophene rings is 1. The summed E-state index contributed by atoms with van der Waals surface area (Å²) in [6, 6.07) is 12.3. The second kappa shape index (κ2) is 8.69. The zero-order valence-corrected chi connectivity index (χ0v) is 18.3. The number of benzene rings is 1. The molecule has 5 rings (SSSR count). The molecule has 0 radical (unpaired) electrons. The van der Waals surface area contributed by atoms with Crippen molar-refractivity contribution in [3.8, 4) is 17.1 Å². The van der Waals surface area contributed by atoms with Gasteiger partial charge in [-0.05, 0) is 49.2 Å². The number of ether oxygens (including phenoxy) is 1. The van der Waals surface area contributed by atoms with Crippen LogP contribution in [0.2, 0.25) is 0 Å². The van der Waals surface area contributed by atoms with Crippen LogP contribution in [0.5, 0.6) is 5.75 Å². The summed E-state index contributed by atoms with van der Waals surface area (Å²) >= 11 is 1.48. The van der Waals surface area contributed by atoms with Crippen molar-refractivity contribution < 1.29 is 9.15 Å². The lowest BCUT2D eigenvalue weighted by atomic mass is 10.0. The predicted octanol–water partition coefficient (Wildman–Crippen LogP) is 5.37. The van der Waals surface area contributed by atoms with Gasteiger partial charge in [0.05, 0.1) is 25.3 Å². The van der Waals surface area contributed by atoms with Crippen molar-refractivity contribution >= 4 is 21.6 Å². The molecule has 1 saturated heterocycles. The van der Waals surface area contributed by atoms with Crippen LogP contribution in [0.15, 0.2) is 57.3 Å². The Morgan fingerprint density at radius 2 is 2.10 bits per heavy atom. The third-order valence-corrected chi connectivity index (χ3v) is 6.87. The van der Waals surface area contributed by atoms with Crippen LogP contribution in [-0.4, -0.2) is 28.5 Å². The third kappa shape index (κ3) is 4.03. The zero-order chi connectivity index (χ0) is 21.2. The van der Waals surface area contributed by atoms with Gasteiger partial charge >= 0.3 is 0 Å². The lowest BCUT2D eigenvalue weighted by Gasteiger charge is -2.30. The molecular formula is C24H25N3O3S. The standard InChI is InChI=1S/C24H25N3O3S/c1-29-17-10-8-16(9-11-17)19-6-3-2-4-12-27(19)14-21-25-23(28)22-18(15-31-24(22)26-21)20-7-5-13-30-20/h5,7-11,13,15,19H,2-4,6,12,14H2,1H3,(H,25,26,28)/t19-/m1/s1. The molecule has 0 unspecified atom stereocenters. The molecule has 4 heterocycles. The Morgan fingerprint density at radius 1 is 1.23 bits per heavy atom. The maximum atomic E-state index is 12.9. The van der Waals surface area contributed by atoms with E-state index in [-0.39, 0.29) is 5.56 Å². The van der Waals surface area contributed by atoms with Crippen LogP contribution in [0.3, 0.4) is 0 Å². The molecule has 1 fully saturated rings. The summed E-state index contributed by atoms with van der Waals surface area (Å²) in [4.78, 5) is 24.0. The average molecular weight is 436 g/mol. The minimum absolute atomic E-state index is 0.108. The number of hydrogen-bond acceptors (Lipinski definition) is 6. The summed E-state index contributed by atoms with van der Waals surface area (Å²) in [5, 5.41) is 2.55. The fourth-order valence-corrected chi connectivity index (χ4v) is 5.38. The van der Waals surface area contributed by atoms with E-state index in [9.17, 15) is 4.79 Å². The first-order chi connectivity index (χ1) is 15.2. The van der Waals surface area contributed by atoms with Crippen LogP contribution in [0.4, 0.5) is 0 Å². The third-order valence-electron chi connectivity index (χ3n) is 6.00. The Hall–Kier alpha value is -2.90. The molecule has 0 aliphatic carbocycles. The summed E-state index contributed by atoms with van der Waals surface area (Å²) < 4.78 is 10.8.